The first-order valence-corrected chi connectivity index (χ1v) is 14.2. The monoisotopic (exact) mass is 566 g/mol. The van der Waals surface area contributed by atoms with Gasteiger partial charge in [-0.05, 0) is 55.2 Å². The topological polar surface area (TPSA) is 131 Å². The molecule has 8 nitrogen and oxygen atoms in total. The molecule has 1 aliphatic rings. The third-order valence-electron chi connectivity index (χ3n) is 6.53. The van der Waals surface area contributed by atoms with E-state index in [1.54, 1.807) is 31.2 Å². The largest absolute Gasteiger partial charge is 0.489 e. The Morgan fingerprint density at radius 2 is 1.83 bits per heavy atom. The summed E-state index contributed by atoms with van der Waals surface area (Å²) in [5.41, 5.74) is 10.5. The van der Waals surface area contributed by atoms with Crippen LogP contribution in [0.2, 0.25) is 0 Å². The third-order valence-corrected chi connectivity index (χ3v) is 7.52. The fourth-order valence-electron chi connectivity index (χ4n) is 4.50. The number of hydrogen-bond acceptors (Lipinski definition) is 9. The number of rotatable bonds is 10. The minimum atomic E-state index is -0.806. The van der Waals surface area contributed by atoms with Crippen molar-refractivity contribution in [2.75, 3.05) is 12.4 Å². The van der Waals surface area contributed by atoms with Gasteiger partial charge in [0.25, 0.3) is 0 Å². The molecule has 2 aromatic carbocycles. The van der Waals surface area contributed by atoms with Gasteiger partial charge in [-0.15, -0.1) is 0 Å². The number of allylic oxidation sites excluding steroid dienone is 1. The number of aromatic nitrogens is 1. The minimum Gasteiger partial charge on any atom is -0.489 e. The lowest BCUT2D eigenvalue weighted by molar-refractivity contribution is -0.139. The second kappa shape index (κ2) is 13.6. The third kappa shape index (κ3) is 6.71. The number of carbonyl (C=O) groups is 1. The smallest absolute Gasteiger partial charge is 0.338 e. The second-order valence-electron chi connectivity index (χ2n) is 9.18. The molecule has 0 aliphatic carbocycles. The summed E-state index contributed by atoms with van der Waals surface area (Å²) in [6.45, 7) is 6.17. The van der Waals surface area contributed by atoms with Gasteiger partial charge in [0.1, 0.15) is 40.9 Å². The van der Waals surface area contributed by atoms with E-state index >= 15 is 0 Å². The van der Waals surface area contributed by atoms with Crippen molar-refractivity contribution in [3.8, 4) is 17.9 Å². The lowest BCUT2D eigenvalue weighted by Gasteiger charge is -2.28. The molecule has 41 heavy (non-hydrogen) atoms. The highest BCUT2D eigenvalue weighted by Gasteiger charge is 2.37. The van der Waals surface area contributed by atoms with Crippen molar-refractivity contribution >= 4 is 17.7 Å². The van der Waals surface area contributed by atoms with Crippen molar-refractivity contribution in [1.29, 1.82) is 10.5 Å². The Hall–Kier alpha value is -4.73. The summed E-state index contributed by atoms with van der Waals surface area (Å²) in [6, 6.07) is 23.1. The van der Waals surface area contributed by atoms with Crippen LogP contribution in [0.1, 0.15) is 47.7 Å². The summed E-state index contributed by atoms with van der Waals surface area (Å²) >= 11 is 1.27. The van der Waals surface area contributed by atoms with E-state index in [-0.39, 0.29) is 35.1 Å². The van der Waals surface area contributed by atoms with E-state index in [1.165, 1.54) is 11.8 Å². The zero-order valence-corrected chi connectivity index (χ0v) is 24.0. The molecule has 1 atom stereocenters. The fraction of sp³-hybridized carbons (Fsp3) is 0.250. The Bertz CT molecular complexity index is 1570. The van der Waals surface area contributed by atoms with Crippen molar-refractivity contribution < 1.29 is 19.0 Å². The number of carbonyl (C=O) groups excluding carboxylic acids is 1. The molecule has 208 valence electrons. The molecule has 4 rings (SSSR count). The molecule has 0 amide bonds. The van der Waals surface area contributed by atoms with Gasteiger partial charge in [-0.25, -0.2) is 9.78 Å². The van der Waals surface area contributed by atoms with Crippen molar-refractivity contribution in [2.24, 2.45) is 5.73 Å². The SMILES string of the molecule is CCOC(=O)C1=C(CSc2nc(CC)c(C)cc2C#N)OC(N)=C(C#N)[C@H]1c1ccc(OCc2ccccc2)cc1. The highest BCUT2D eigenvalue weighted by molar-refractivity contribution is 7.99. The van der Waals surface area contributed by atoms with E-state index in [0.717, 1.165) is 16.8 Å². The van der Waals surface area contributed by atoms with E-state index in [2.05, 4.69) is 17.1 Å². The first kappa shape index (κ1) is 29.3. The van der Waals surface area contributed by atoms with Crippen LogP contribution in [-0.4, -0.2) is 23.3 Å². The lowest BCUT2D eigenvalue weighted by Crippen LogP contribution is -2.27. The van der Waals surface area contributed by atoms with Crippen LogP contribution in [0.25, 0.3) is 0 Å². The summed E-state index contributed by atoms with van der Waals surface area (Å²) in [6.07, 6.45) is 0.715. The molecular weight excluding hydrogens is 536 g/mol. The summed E-state index contributed by atoms with van der Waals surface area (Å²) in [4.78, 5) is 18.0. The van der Waals surface area contributed by atoms with Crippen LogP contribution < -0.4 is 10.5 Å². The van der Waals surface area contributed by atoms with Crippen molar-refractivity contribution in [2.45, 2.75) is 44.7 Å². The number of aryl methyl sites for hydroxylation is 2. The first-order chi connectivity index (χ1) is 19.9. The zero-order chi connectivity index (χ0) is 29.4. The second-order valence-corrected chi connectivity index (χ2v) is 10.1. The highest BCUT2D eigenvalue weighted by atomic mass is 32.2. The highest BCUT2D eigenvalue weighted by Crippen LogP contribution is 2.41. The summed E-state index contributed by atoms with van der Waals surface area (Å²) in [5.74, 6) is -0.459. The van der Waals surface area contributed by atoms with E-state index in [1.807, 2.05) is 50.2 Å². The van der Waals surface area contributed by atoms with Gasteiger partial charge in [-0.2, -0.15) is 10.5 Å². The summed E-state index contributed by atoms with van der Waals surface area (Å²) in [5, 5.41) is 20.2. The maximum Gasteiger partial charge on any atom is 0.338 e. The summed E-state index contributed by atoms with van der Waals surface area (Å²) in [7, 11) is 0. The average molecular weight is 567 g/mol. The molecule has 3 aromatic rings. The molecule has 9 heteroatoms. The number of ether oxygens (including phenoxy) is 3. The maximum absolute atomic E-state index is 13.3. The van der Waals surface area contributed by atoms with E-state index in [9.17, 15) is 15.3 Å². The molecular formula is C32H30N4O4S. The van der Waals surface area contributed by atoms with E-state index in [4.69, 9.17) is 19.9 Å². The lowest BCUT2D eigenvalue weighted by atomic mass is 9.83. The maximum atomic E-state index is 13.3. The van der Waals surface area contributed by atoms with Crippen molar-refractivity contribution in [3.63, 3.8) is 0 Å². The van der Waals surface area contributed by atoms with Crippen LogP contribution >= 0.6 is 11.8 Å². The number of benzene rings is 2. The predicted octanol–water partition coefficient (Wildman–Crippen LogP) is 5.82. The molecule has 2 heterocycles. The molecule has 1 aliphatic heterocycles. The standard InChI is InChI=1S/C32H30N4O4S/c1-4-26-20(3)15-23(16-33)31(36-26)41-19-27-29(32(37)38-5-2)28(25(17-34)30(35)40-27)22-11-13-24(14-12-22)39-18-21-9-7-6-8-10-21/h6-15,28H,4-5,18-19,35H2,1-3H3/t28-/m1/s1. The van der Waals surface area contributed by atoms with Crippen LogP contribution in [0.5, 0.6) is 5.75 Å². The number of nitrogens with zero attached hydrogens (tertiary/aromatic N) is 3. The van der Waals surface area contributed by atoms with Crippen LogP contribution in [0.3, 0.4) is 0 Å². The van der Waals surface area contributed by atoms with Gasteiger partial charge in [0, 0.05) is 5.69 Å². The fourth-order valence-corrected chi connectivity index (χ4v) is 5.42. The molecule has 0 saturated heterocycles. The minimum absolute atomic E-state index is 0.0860. The molecule has 0 bridgehead atoms. The number of nitrogens with two attached hydrogens (primary N) is 1. The summed E-state index contributed by atoms with van der Waals surface area (Å²) < 4.78 is 17.2. The molecule has 1 aromatic heterocycles. The van der Waals surface area contributed by atoms with Crippen molar-refractivity contribution in [1.82, 2.24) is 4.98 Å². The Labute approximate surface area is 244 Å². The van der Waals surface area contributed by atoms with Crippen LogP contribution in [0.4, 0.5) is 0 Å². The molecule has 0 saturated carbocycles. The van der Waals surface area contributed by atoms with E-state index < -0.39 is 11.9 Å². The van der Waals surface area contributed by atoms with Crippen LogP contribution in [-0.2, 0) is 27.3 Å². The molecule has 0 fully saturated rings. The molecule has 0 spiro atoms. The van der Waals surface area contributed by atoms with Crippen LogP contribution in [0, 0.1) is 29.6 Å². The quantitative estimate of drug-likeness (QED) is 0.238. The Morgan fingerprint density at radius 1 is 1.10 bits per heavy atom. The molecule has 2 N–H and O–H groups in total. The van der Waals surface area contributed by atoms with Gasteiger partial charge in [0.05, 0.1) is 29.4 Å². The number of hydrogen-bond donors (Lipinski definition) is 1. The zero-order valence-electron chi connectivity index (χ0n) is 23.1. The molecule has 0 radical (unpaired) electrons. The van der Waals surface area contributed by atoms with Gasteiger partial charge in [-0.3, -0.25) is 0 Å². The number of nitriles is 2. The Kier molecular flexibility index (Phi) is 9.68. The van der Waals surface area contributed by atoms with Gasteiger partial charge in [0.15, 0.2) is 0 Å². The first-order valence-electron chi connectivity index (χ1n) is 13.2. The van der Waals surface area contributed by atoms with Gasteiger partial charge >= 0.3 is 5.97 Å². The van der Waals surface area contributed by atoms with E-state index in [0.29, 0.717) is 34.9 Å². The van der Waals surface area contributed by atoms with Gasteiger partial charge < -0.3 is 19.9 Å². The normalized spacial score (nSPS) is 14.6. The number of esters is 1. The van der Waals surface area contributed by atoms with Gasteiger partial charge in [-0.1, -0.05) is 61.2 Å². The molecule has 0 unspecified atom stereocenters. The predicted molar refractivity (Wildman–Crippen MR) is 155 cm³/mol. The number of thioether (sulfide) groups is 1. The van der Waals surface area contributed by atoms with Crippen molar-refractivity contribution in [3.05, 3.63) is 111 Å². The Balaban J connectivity index is 1.69. The Morgan fingerprint density at radius 3 is 2.46 bits per heavy atom. The van der Waals surface area contributed by atoms with Gasteiger partial charge in [0.2, 0.25) is 5.88 Å². The van der Waals surface area contributed by atoms with Crippen LogP contribution in [0.15, 0.2) is 88.5 Å². The number of pyridine rings is 1. The average Bonchev–Trinajstić information content (AvgIpc) is 2.99.